The van der Waals surface area contributed by atoms with Gasteiger partial charge in [0.15, 0.2) is 17.7 Å². The van der Waals surface area contributed by atoms with Gasteiger partial charge in [0, 0.05) is 38.3 Å². The highest BCUT2D eigenvalue weighted by Crippen LogP contribution is 2.60. The van der Waals surface area contributed by atoms with Crippen molar-refractivity contribution in [3.63, 3.8) is 0 Å². The van der Waals surface area contributed by atoms with Gasteiger partial charge >= 0.3 is 11.9 Å². The summed E-state index contributed by atoms with van der Waals surface area (Å²) in [5.41, 5.74) is 1.52. The molecule has 1 fully saturated rings. The molecule has 0 N–H and O–H groups in total. The molecule has 3 heterocycles. The second-order valence-corrected chi connectivity index (χ2v) is 7.85. The van der Waals surface area contributed by atoms with Crippen molar-refractivity contribution in [2.75, 3.05) is 20.4 Å². The van der Waals surface area contributed by atoms with Gasteiger partial charge in [-0.1, -0.05) is 6.08 Å². The van der Waals surface area contributed by atoms with Crippen LogP contribution in [0.25, 0.3) is 0 Å². The molecule has 154 valence electrons. The molecule has 0 spiro atoms. The van der Waals surface area contributed by atoms with Gasteiger partial charge in [0.25, 0.3) is 0 Å². The minimum absolute atomic E-state index is 0.0266. The van der Waals surface area contributed by atoms with E-state index in [4.69, 9.17) is 23.7 Å². The van der Waals surface area contributed by atoms with Crippen molar-refractivity contribution in [1.29, 1.82) is 0 Å². The summed E-state index contributed by atoms with van der Waals surface area (Å²) in [6.07, 6.45) is 4.69. The van der Waals surface area contributed by atoms with E-state index in [2.05, 4.69) is 11.0 Å². The molecule has 0 amide bonds. The SMILES string of the molecule is COc1c2c(cc3c1C(OC(C)=O)N1CC[C@]34C=CC(OC(C)=O)C[C@@H]14)OCO2. The van der Waals surface area contributed by atoms with E-state index in [1.54, 1.807) is 7.11 Å². The van der Waals surface area contributed by atoms with Gasteiger partial charge in [-0.25, -0.2) is 0 Å². The van der Waals surface area contributed by atoms with Crippen LogP contribution in [0.15, 0.2) is 18.2 Å². The Morgan fingerprint density at radius 3 is 2.72 bits per heavy atom. The number of rotatable bonds is 3. The Labute approximate surface area is 168 Å². The predicted octanol–water partition coefficient (Wildman–Crippen LogP) is 2.20. The maximum Gasteiger partial charge on any atom is 0.304 e. The number of fused-ring (bicyclic) bond motifs is 2. The first-order chi connectivity index (χ1) is 13.9. The Bertz CT molecular complexity index is 926. The highest BCUT2D eigenvalue weighted by Gasteiger charge is 2.59. The van der Waals surface area contributed by atoms with Gasteiger partial charge in [-0.3, -0.25) is 14.5 Å². The molecule has 1 aromatic rings. The van der Waals surface area contributed by atoms with E-state index in [-0.39, 0.29) is 36.3 Å². The number of esters is 2. The summed E-state index contributed by atoms with van der Waals surface area (Å²) >= 11 is 0. The number of nitrogens with zero attached hydrogens (tertiary/aromatic N) is 1. The number of carbonyl (C=O) groups is 2. The van der Waals surface area contributed by atoms with E-state index in [1.807, 2.05) is 12.1 Å². The molecule has 8 nitrogen and oxygen atoms in total. The molecular formula is C21H23NO7. The monoisotopic (exact) mass is 401 g/mol. The van der Waals surface area contributed by atoms with Crippen LogP contribution in [0.1, 0.15) is 44.0 Å². The van der Waals surface area contributed by atoms with Gasteiger partial charge in [-0.05, 0) is 24.1 Å². The molecule has 3 unspecified atom stereocenters. The van der Waals surface area contributed by atoms with Gasteiger partial charge in [0.2, 0.25) is 12.5 Å². The minimum atomic E-state index is -0.600. The van der Waals surface area contributed by atoms with E-state index in [0.717, 1.165) is 24.1 Å². The average Bonchev–Trinajstić information content (AvgIpc) is 3.26. The Kier molecular flexibility index (Phi) is 4.03. The van der Waals surface area contributed by atoms with Crippen LogP contribution in [0.5, 0.6) is 17.2 Å². The van der Waals surface area contributed by atoms with Gasteiger partial charge in [0.05, 0.1) is 12.7 Å². The molecule has 5 rings (SSSR count). The van der Waals surface area contributed by atoms with Crippen molar-refractivity contribution in [3.8, 4) is 17.2 Å². The van der Waals surface area contributed by atoms with Crippen LogP contribution in [0, 0.1) is 0 Å². The number of benzene rings is 1. The van der Waals surface area contributed by atoms with Crippen LogP contribution < -0.4 is 14.2 Å². The standard InChI is InChI=1S/C21H23NO7/c1-11(23)28-13-4-5-21-6-7-22(16(21)8-13)20(29-12(2)24)17-14(21)9-15-18(19(17)25-3)27-10-26-15/h4-5,9,13,16,20H,6-8,10H2,1-3H3/t13?,16-,20?,21-/m1/s1. The number of methoxy groups -OCH3 is 1. The second-order valence-electron chi connectivity index (χ2n) is 7.85. The quantitative estimate of drug-likeness (QED) is 0.563. The van der Waals surface area contributed by atoms with Crippen LogP contribution in [-0.4, -0.2) is 49.4 Å². The van der Waals surface area contributed by atoms with Gasteiger partial charge < -0.3 is 23.7 Å². The molecular weight excluding hydrogens is 378 g/mol. The predicted molar refractivity (Wildman–Crippen MR) is 99.7 cm³/mol. The average molecular weight is 401 g/mol. The lowest BCUT2D eigenvalue weighted by Gasteiger charge is -2.48. The third-order valence-electron chi connectivity index (χ3n) is 6.35. The Morgan fingerprint density at radius 2 is 2.00 bits per heavy atom. The third-order valence-corrected chi connectivity index (χ3v) is 6.35. The summed E-state index contributed by atoms with van der Waals surface area (Å²) in [4.78, 5) is 25.6. The molecule has 1 saturated heterocycles. The summed E-state index contributed by atoms with van der Waals surface area (Å²) in [5, 5.41) is 0. The fraction of sp³-hybridized carbons (Fsp3) is 0.524. The first kappa shape index (κ1) is 18.3. The summed E-state index contributed by atoms with van der Waals surface area (Å²) in [6.45, 7) is 3.68. The van der Waals surface area contributed by atoms with E-state index in [0.29, 0.717) is 23.7 Å². The fourth-order valence-electron chi connectivity index (χ4n) is 5.34. The van der Waals surface area contributed by atoms with E-state index >= 15 is 0 Å². The van der Waals surface area contributed by atoms with Crippen molar-refractivity contribution in [2.24, 2.45) is 0 Å². The molecule has 1 aliphatic carbocycles. The zero-order valence-electron chi connectivity index (χ0n) is 16.6. The fourth-order valence-corrected chi connectivity index (χ4v) is 5.34. The number of hydrogen-bond donors (Lipinski definition) is 0. The van der Waals surface area contributed by atoms with Crippen LogP contribution in [0.3, 0.4) is 0 Å². The van der Waals surface area contributed by atoms with E-state index < -0.39 is 6.23 Å². The van der Waals surface area contributed by atoms with Crippen LogP contribution in [0.2, 0.25) is 0 Å². The largest absolute Gasteiger partial charge is 0.492 e. The Hall–Kier alpha value is -2.74. The first-order valence-electron chi connectivity index (χ1n) is 9.75. The smallest absolute Gasteiger partial charge is 0.304 e. The highest BCUT2D eigenvalue weighted by molar-refractivity contribution is 5.69. The zero-order valence-corrected chi connectivity index (χ0v) is 16.6. The van der Waals surface area contributed by atoms with E-state index in [9.17, 15) is 9.59 Å². The zero-order chi connectivity index (χ0) is 20.3. The van der Waals surface area contributed by atoms with Crippen LogP contribution in [-0.2, 0) is 24.5 Å². The Balaban J connectivity index is 1.71. The van der Waals surface area contributed by atoms with Crippen molar-refractivity contribution < 1.29 is 33.3 Å². The molecule has 29 heavy (non-hydrogen) atoms. The number of hydrogen-bond acceptors (Lipinski definition) is 8. The molecule has 1 aromatic carbocycles. The normalized spacial score (nSPS) is 32.9. The summed E-state index contributed by atoms with van der Waals surface area (Å²) in [5.74, 6) is 1.03. The first-order valence-corrected chi connectivity index (χ1v) is 9.75. The maximum absolute atomic E-state index is 12.0. The maximum atomic E-state index is 12.0. The van der Waals surface area contributed by atoms with Gasteiger partial charge in [-0.2, -0.15) is 0 Å². The molecule has 0 aromatic heterocycles. The molecule has 0 radical (unpaired) electrons. The molecule has 5 atom stereocenters. The van der Waals surface area contributed by atoms with Crippen molar-refractivity contribution >= 4 is 11.9 Å². The third kappa shape index (κ3) is 2.55. The second kappa shape index (κ2) is 6.38. The van der Waals surface area contributed by atoms with Gasteiger partial charge in [0.1, 0.15) is 6.10 Å². The molecule has 0 saturated carbocycles. The van der Waals surface area contributed by atoms with E-state index in [1.165, 1.54) is 13.8 Å². The summed E-state index contributed by atoms with van der Waals surface area (Å²) in [6, 6.07) is 2.02. The highest BCUT2D eigenvalue weighted by atomic mass is 16.7. The topological polar surface area (TPSA) is 83.5 Å². The minimum Gasteiger partial charge on any atom is -0.492 e. The van der Waals surface area contributed by atoms with Crippen molar-refractivity contribution in [2.45, 2.75) is 50.5 Å². The molecule has 8 heteroatoms. The van der Waals surface area contributed by atoms with Crippen LogP contribution >= 0.6 is 0 Å². The number of carbonyl (C=O) groups excluding carboxylic acids is 2. The molecule has 3 aliphatic heterocycles. The lowest BCUT2D eigenvalue weighted by molar-refractivity contribution is -0.161. The lowest BCUT2D eigenvalue weighted by Crippen LogP contribution is -2.52. The van der Waals surface area contributed by atoms with Gasteiger partial charge in [-0.15, -0.1) is 0 Å². The summed E-state index contributed by atoms with van der Waals surface area (Å²) in [7, 11) is 1.58. The Morgan fingerprint density at radius 1 is 1.21 bits per heavy atom. The lowest BCUT2D eigenvalue weighted by atomic mass is 9.66. The van der Waals surface area contributed by atoms with Crippen molar-refractivity contribution in [1.82, 2.24) is 4.90 Å². The number of ether oxygens (including phenoxy) is 5. The summed E-state index contributed by atoms with van der Waals surface area (Å²) < 4.78 is 28.3. The molecule has 4 aliphatic rings. The van der Waals surface area contributed by atoms with Crippen molar-refractivity contribution in [3.05, 3.63) is 29.3 Å². The van der Waals surface area contributed by atoms with Crippen LogP contribution in [0.4, 0.5) is 0 Å². The molecule has 2 bridgehead atoms.